The number of phenolic OH excluding ortho intramolecular Hbond substituents is 1. The van der Waals surface area contributed by atoms with Crippen molar-refractivity contribution < 1.29 is 9.84 Å². The zero-order valence-corrected chi connectivity index (χ0v) is 12.6. The van der Waals surface area contributed by atoms with Gasteiger partial charge in [-0.1, -0.05) is 30.3 Å². The number of nitrogens with zero attached hydrogens (tertiary/aromatic N) is 4. The largest absolute Gasteiger partial charge is 0.504 e. The summed E-state index contributed by atoms with van der Waals surface area (Å²) in [6, 6.07) is 15.0. The molecular formula is C17H16N4O2. The Labute approximate surface area is 133 Å². The Morgan fingerprint density at radius 3 is 2.83 bits per heavy atom. The van der Waals surface area contributed by atoms with Crippen LogP contribution in [0.3, 0.4) is 0 Å². The van der Waals surface area contributed by atoms with Crippen molar-refractivity contribution in [3.63, 3.8) is 0 Å². The Balaban J connectivity index is 1.66. The summed E-state index contributed by atoms with van der Waals surface area (Å²) in [4.78, 5) is 0. The van der Waals surface area contributed by atoms with Crippen molar-refractivity contribution in [1.29, 1.82) is 0 Å². The molecule has 2 aromatic carbocycles. The summed E-state index contributed by atoms with van der Waals surface area (Å²) >= 11 is 0. The maximum atomic E-state index is 9.55. The molecule has 1 N–H and O–H groups in total. The molecule has 0 radical (unpaired) electrons. The van der Waals surface area contributed by atoms with E-state index in [1.807, 2.05) is 30.3 Å². The molecule has 0 bridgehead atoms. The van der Waals surface area contributed by atoms with Gasteiger partial charge in [-0.05, 0) is 29.3 Å². The lowest BCUT2D eigenvalue weighted by Crippen LogP contribution is -1.95. The van der Waals surface area contributed by atoms with E-state index in [2.05, 4.69) is 20.4 Å². The second kappa shape index (κ2) is 6.83. The Hall–Kier alpha value is -3.02. The van der Waals surface area contributed by atoms with Gasteiger partial charge in [0.2, 0.25) is 0 Å². The number of phenols is 1. The molecule has 2 aromatic rings. The van der Waals surface area contributed by atoms with Crippen molar-refractivity contribution in [3.05, 3.63) is 59.7 Å². The summed E-state index contributed by atoms with van der Waals surface area (Å²) in [5.41, 5.74) is 1.90. The minimum absolute atomic E-state index is 0.0129. The molecule has 6 nitrogen and oxygen atoms in total. The molecule has 116 valence electrons. The second-order valence-corrected chi connectivity index (χ2v) is 5.04. The summed E-state index contributed by atoms with van der Waals surface area (Å²) in [5.74, 6) is 1.08. The van der Waals surface area contributed by atoms with Crippen LogP contribution in [0.25, 0.3) is 0 Å². The fraction of sp³-hybridized carbons (Fsp3) is 0.176. The highest BCUT2D eigenvalue weighted by atomic mass is 16.5. The highest BCUT2D eigenvalue weighted by Crippen LogP contribution is 2.27. The molecule has 3 rings (SSSR count). The van der Waals surface area contributed by atoms with Crippen LogP contribution >= 0.6 is 0 Å². The van der Waals surface area contributed by atoms with Gasteiger partial charge in [0, 0.05) is 6.42 Å². The standard InChI is InChI=1S/C17H16N4O2/c1-23-16-9-12(7-8-15(16)22)11-18-20-17-10-14(19-21-17)13-5-3-2-4-6-13/h2-9,11,14,22H,10H2,1H3/b18-11+,20-17?. The van der Waals surface area contributed by atoms with Gasteiger partial charge in [0.05, 0.1) is 13.3 Å². The number of ether oxygens (including phenoxy) is 1. The number of benzene rings is 2. The van der Waals surface area contributed by atoms with E-state index in [-0.39, 0.29) is 11.8 Å². The summed E-state index contributed by atoms with van der Waals surface area (Å²) in [5, 5.41) is 26.0. The highest BCUT2D eigenvalue weighted by Gasteiger charge is 2.19. The smallest absolute Gasteiger partial charge is 0.175 e. The first-order valence-electron chi connectivity index (χ1n) is 7.19. The summed E-state index contributed by atoms with van der Waals surface area (Å²) in [6.07, 6.45) is 2.22. The van der Waals surface area contributed by atoms with Gasteiger partial charge in [-0.15, -0.1) is 10.2 Å². The minimum atomic E-state index is 0.0129. The Morgan fingerprint density at radius 2 is 2.04 bits per heavy atom. The van der Waals surface area contributed by atoms with Gasteiger partial charge >= 0.3 is 0 Å². The van der Waals surface area contributed by atoms with Gasteiger partial charge in [-0.3, -0.25) is 0 Å². The van der Waals surface area contributed by atoms with E-state index in [1.165, 1.54) is 7.11 Å². The molecule has 0 spiro atoms. The van der Waals surface area contributed by atoms with Gasteiger partial charge in [0.1, 0.15) is 6.04 Å². The number of rotatable bonds is 4. The molecule has 0 amide bonds. The molecule has 1 aliphatic rings. The van der Waals surface area contributed by atoms with Crippen molar-refractivity contribution in [2.24, 2.45) is 20.4 Å². The Kier molecular flexibility index (Phi) is 4.42. The Bertz CT molecular complexity index is 769. The van der Waals surface area contributed by atoms with Crippen LogP contribution in [0.2, 0.25) is 0 Å². The lowest BCUT2D eigenvalue weighted by atomic mass is 10.1. The quantitative estimate of drug-likeness (QED) is 0.690. The zero-order chi connectivity index (χ0) is 16.1. The molecule has 0 aliphatic carbocycles. The maximum absolute atomic E-state index is 9.55. The van der Waals surface area contributed by atoms with Gasteiger partial charge in [0.15, 0.2) is 17.3 Å². The van der Waals surface area contributed by atoms with E-state index >= 15 is 0 Å². The number of amidine groups is 1. The molecule has 1 heterocycles. The number of aromatic hydroxyl groups is 1. The third-order valence-electron chi connectivity index (χ3n) is 3.46. The third-order valence-corrected chi connectivity index (χ3v) is 3.46. The van der Waals surface area contributed by atoms with Crippen LogP contribution in [0.5, 0.6) is 11.5 Å². The normalized spacial score (nSPS) is 18.8. The number of methoxy groups -OCH3 is 1. The summed E-state index contributed by atoms with van der Waals surface area (Å²) < 4.78 is 5.05. The van der Waals surface area contributed by atoms with Crippen LogP contribution in [-0.4, -0.2) is 24.3 Å². The average Bonchev–Trinajstić information content (AvgIpc) is 3.06. The summed E-state index contributed by atoms with van der Waals surface area (Å²) in [6.45, 7) is 0. The van der Waals surface area contributed by atoms with Crippen molar-refractivity contribution >= 4 is 12.1 Å². The van der Waals surface area contributed by atoms with E-state index in [0.29, 0.717) is 18.0 Å². The first kappa shape index (κ1) is 14.9. The summed E-state index contributed by atoms with van der Waals surface area (Å²) in [7, 11) is 1.50. The van der Waals surface area contributed by atoms with E-state index in [4.69, 9.17) is 4.74 Å². The number of azo groups is 1. The molecule has 0 aromatic heterocycles. The number of hydrogen-bond acceptors (Lipinski definition) is 5. The van der Waals surface area contributed by atoms with Crippen LogP contribution in [0, 0.1) is 0 Å². The van der Waals surface area contributed by atoms with Gasteiger partial charge in [-0.2, -0.15) is 10.2 Å². The molecule has 1 aliphatic heterocycles. The third kappa shape index (κ3) is 3.60. The van der Waals surface area contributed by atoms with Crippen molar-refractivity contribution in [1.82, 2.24) is 0 Å². The fourth-order valence-corrected chi connectivity index (χ4v) is 2.25. The topological polar surface area (TPSA) is 78.9 Å². The van der Waals surface area contributed by atoms with Crippen LogP contribution in [0.1, 0.15) is 23.6 Å². The molecule has 1 atom stereocenters. The average molecular weight is 308 g/mol. The zero-order valence-electron chi connectivity index (χ0n) is 12.6. The van der Waals surface area contributed by atoms with Crippen LogP contribution in [0.15, 0.2) is 69.0 Å². The van der Waals surface area contributed by atoms with Crippen molar-refractivity contribution in [2.75, 3.05) is 7.11 Å². The van der Waals surface area contributed by atoms with E-state index in [0.717, 1.165) is 11.1 Å². The predicted molar refractivity (Wildman–Crippen MR) is 88.3 cm³/mol. The lowest BCUT2D eigenvalue weighted by molar-refractivity contribution is 0.373. The molecule has 6 heteroatoms. The monoisotopic (exact) mass is 308 g/mol. The SMILES string of the molecule is COc1cc(/C=N/N=C2CC(c3ccccc3)N=N2)ccc1O. The predicted octanol–water partition coefficient (Wildman–Crippen LogP) is 3.73. The van der Waals surface area contributed by atoms with Gasteiger partial charge in [-0.25, -0.2) is 0 Å². The maximum Gasteiger partial charge on any atom is 0.175 e. The van der Waals surface area contributed by atoms with Crippen LogP contribution < -0.4 is 4.74 Å². The van der Waals surface area contributed by atoms with Crippen molar-refractivity contribution in [3.8, 4) is 11.5 Å². The van der Waals surface area contributed by atoms with Crippen LogP contribution in [0.4, 0.5) is 0 Å². The first-order chi connectivity index (χ1) is 11.3. The van der Waals surface area contributed by atoms with Crippen molar-refractivity contribution in [2.45, 2.75) is 12.5 Å². The van der Waals surface area contributed by atoms with Crippen LogP contribution in [-0.2, 0) is 0 Å². The second-order valence-electron chi connectivity index (χ2n) is 5.04. The fourth-order valence-electron chi connectivity index (χ4n) is 2.25. The highest BCUT2D eigenvalue weighted by molar-refractivity contribution is 5.86. The van der Waals surface area contributed by atoms with Gasteiger partial charge < -0.3 is 9.84 Å². The molecular weight excluding hydrogens is 292 g/mol. The number of hydrogen-bond donors (Lipinski definition) is 1. The molecule has 1 unspecified atom stereocenters. The minimum Gasteiger partial charge on any atom is -0.504 e. The van der Waals surface area contributed by atoms with E-state index in [9.17, 15) is 5.11 Å². The van der Waals surface area contributed by atoms with E-state index < -0.39 is 0 Å². The van der Waals surface area contributed by atoms with E-state index in [1.54, 1.807) is 24.4 Å². The van der Waals surface area contributed by atoms with Gasteiger partial charge in [0.25, 0.3) is 0 Å². The lowest BCUT2D eigenvalue weighted by Gasteiger charge is -2.03. The molecule has 0 saturated carbocycles. The Morgan fingerprint density at radius 1 is 1.22 bits per heavy atom. The molecule has 0 fully saturated rings. The molecule has 23 heavy (non-hydrogen) atoms. The molecule has 0 saturated heterocycles. The first-order valence-corrected chi connectivity index (χ1v) is 7.19.